The van der Waals surface area contributed by atoms with Gasteiger partial charge in [-0.2, -0.15) is 0 Å². The minimum absolute atomic E-state index is 0.0378. The fourth-order valence-electron chi connectivity index (χ4n) is 4.36. The van der Waals surface area contributed by atoms with E-state index in [0.29, 0.717) is 5.91 Å². The van der Waals surface area contributed by atoms with E-state index in [1.54, 1.807) is 0 Å². The van der Waals surface area contributed by atoms with Crippen LogP contribution in [0, 0.1) is 17.3 Å². The van der Waals surface area contributed by atoms with Gasteiger partial charge in [-0.05, 0) is 57.0 Å². The largest absolute Gasteiger partial charge is 0.342 e. The molecule has 2 heterocycles. The van der Waals surface area contributed by atoms with Crippen molar-refractivity contribution >= 4 is 5.91 Å². The van der Waals surface area contributed by atoms with Gasteiger partial charge in [0.25, 0.3) is 0 Å². The average Bonchev–Trinajstić information content (AvgIpc) is 2.99. The van der Waals surface area contributed by atoms with Crippen molar-refractivity contribution in [1.29, 1.82) is 0 Å². The van der Waals surface area contributed by atoms with Crippen LogP contribution in [-0.2, 0) is 4.79 Å². The molecule has 2 aliphatic heterocycles. The van der Waals surface area contributed by atoms with Crippen molar-refractivity contribution in [1.82, 2.24) is 10.2 Å². The molecule has 2 saturated heterocycles. The molecule has 1 saturated carbocycles. The fourth-order valence-corrected chi connectivity index (χ4v) is 4.36. The highest BCUT2D eigenvalue weighted by molar-refractivity contribution is 5.83. The molecule has 3 rings (SSSR count). The van der Waals surface area contributed by atoms with E-state index in [1.165, 1.54) is 19.3 Å². The van der Waals surface area contributed by atoms with Crippen LogP contribution in [0.5, 0.6) is 0 Å². The number of hydrogen-bond donors (Lipinski definition) is 1. The van der Waals surface area contributed by atoms with E-state index in [-0.39, 0.29) is 5.41 Å². The van der Waals surface area contributed by atoms with Crippen molar-refractivity contribution in [3.05, 3.63) is 0 Å². The van der Waals surface area contributed by atoms with E-state index in [4.69, 9.17) is 0 Å². The third-order valence-electron chi connectivity index (χ3n) is 5.70. The zero-order valence-electron chi connectivity index (χ0n) is 11.6. The van der Waals surface area contributed by atoms with Gasteiger partial charge in [-0.25, -0.2) is 0 Å². The maximum absolute atomic E-state index is 12.9. The maximum Gasteiger partial charge on any atom is 0.228 e. The number of carbonyl (C=O) groups is 1. The molecule has 0 aromatic heterocycles. The number of piperidine rings is 1. The van der Waals surface area contributed by atoms with Crippen molar-refractivity contribution in [2.75, 3.05) is 26.2 Å². The van der Waals surface area contributed by atoms with Crippen LogP contribution in [0.1, 0.15) is 45.4 Å². The highest BCUT2D eigenvalue weighted by atomic mass is 16.2. The summed E-state index contributed by atoms with van der Waals surface area (Å²) in [5, 5.41) is 3.39. The Hall–Kier alpha value is -0.570. The SMILES string of the molecule is CCC1(C(=O)N2CC3CCCC3C2)CCNCC1. The second-order valence-electron chi connectivity index (χ2n) is 6.55. The Morgan fingerprint density at radius 2 is 1.83 bits per heavy atom. The molecule has 102 valence electrons. The summed E-state index contributed by atoms with van der Waals surface area (Å²) < 4.78 is 0. The van der Waals surface area contributed by atoms with Crippen molar-refractivity contribution in [3.8, 4) is 0 Å². The van der Waals surface area contributed by atoms with Crippen LogP contribution >= 0.6 is 0 Å². The second kappa shape index (κ2) is 4.84. The third kappa shape index (κ3) is 1.97. The number of likely N-dealkylation sites (tertiary alicyclic amines) is 1. The van der Waals surface area contributed by atoms with Gasteiger partial charge in [0, 0.05) is 13.1 Å². The fraction of sp³-hybridized carbons (Fsp3) is 0.933. The zero-order valence-corrected chi connectivity index (χ0v) is 11.6. The summed E-state index contributed by atoms with van der Waals surface area (Å²) in [6, 6.07) is 0. The molecule has 1 amide bonds. The number of amides is 1. The van der Waals surface area contributed by atoms with Gasteiger partial charge in [-0.3, -0.25) is 4.79 Å². The van der Waals surface area contributed by atoms with E-state index >= 15 is 0 Å². The number of carbonyl (C=O) groups excluding carboxylic acids is 1. The van der Waals surface area contributed by atoms with Crippen molar-refractivity contribution < 1.29 is 4.79 Å². The summed E-state index contributed by atoms with van der Waals surface area (Å²) in [5.74, 6) is 2.12. The molecule has 0 radical (unpaired) electrons. The monoisotopic (exact) mass is 250 g/mol. The summed E-state index contributed by atoms with van der Waals surface area (Å²) >= 11 is 0. The van der Waals surface area contributed by atoms with Gasteiger partial charge < -0.3 is 10.2 Å². The van der Waals surface area contributed by atoms with Gasteiger partial charge in [0.1, 0.15) is 0 Å². The first kappa shape index (κ1) is 12.5. The summed E-state index contributed by atoms with van der Waals surface area (Å²) in [5.41, 5.74) is -0.0378. The first-order valence-corrected chi connectivity index (χ1v) is 7.75. The molecule has 1 aliphatic carbocycles. The molecular formula is C15H26N2O. The van der Waals surface area contributed by atoms with E-state index < -0.39 is 0 Å². The Balaban J connectivity index is 1.69. The van der Waals surface area contributed by atoms with Gasteiger partial charge in [0.15, 0.2) is 0 Å². The topological polar surface area (TPSA) is 32.3 Å². The molecule has 0 aromatic carbocycles. The maximum atomic E-state index is 12.9. The minimum atomic E-state index is -0.0378. The Morgan fingerprint density at radius 1 is 1.22 bits per heavy atom. The van der Waals surface area contributed by atoms with Gasteiger partial charge in [-0.15, -0.1) is 0 Å². The van der Waals surface area contributed by atoms with Gasteiger partial charge >= 0.3 is 0 Å². The molecule has 3 heteroatoms. The lowest BCUT2D eigenvalue weighted by Gasteiger charge is -2.38. The predicted octanol–water partition coefficient (Wildman–Crippen LogP) is 2.02. The summed E-state index contributed by atoms with van der Waals surface area (Å²) in [7, 11) is 0. The quantitative estimate of drug-likeness (QED) is 0.813. The zero-order chi connectivity index (χ0) is 12.6. The summed E-state index contributed by atoms with van der Waals surface area (Å²) in [6.07, 6.45) is 7.19. The first-order valence-electron chi connectivity index (χ1n) is 7.75. The number of nitrogens with zero attached hydrogens (tertiary/aromatic N) is 1. The highest BCUT2D eigenvalue weighted by Gasteiger charge is 2.45. The van der Waals surface area contributed by atoms with Gasteiger partial charge in [0.05, 0.1) is 5.41 Å². The van der Waals surface area contributed by atoms with Gasteiger partial charge in [-0.1, -0.05) is 13.3 Å². The van der Waals surface area contributed by atoms with E-state index in [0.717, 1.165) is 57.3 Å². The van der Waals surface area contributed by atoms with Gasteiger partial charge in [0.2, 0.25) is 5.91 Å². The normalized spacial score (nSPS) is 34.6. The van der Waals surface area contributed by atoms with Crippen LogP contribution in [0.3, 0.4) is 0 Å². The molecular weight excluding hydrogens is 224 g/mol. The van der Waals surface area contributed by atoms with Crippen LogP contribution in [0.4, 0.5) is 0 Å². The standard InChI is InChI=1S/C15H26N2O/c1-2-15(6-8-16-9-7-15)14(18)17-10-12-4-3-5-13(12)11-17/h12-13,16H,2-11H2,1H3. The summed E-state index contributed by atoms with van der Waals surface area (Å²) in [4.78, 5) is 15.1. The highest BCUT2D eigenvalue weighted by Crippen LogP contribution is 2.41. The smallest absolute Gasteiger partial charge is 0.228 e. The molecule has 3 aliphatic rings. The molecule has 18 heavy (non-hydrogen) atoms. The number of rotatable bonds is 2. The molecule has 0 bridgehead atoms. The van der Waals surface area contributed by atoms with Crippen LogP contribution in [0.2, 0.25) is 0 Å². The van der Waals surface area contributed by atoms with Crippen LogP contribution in [0.15, 0.2) is 0 Å². The van der Waals surface area contributed by atoms with Crippen LogP contribution in [0.25, 0.3) is 0 Å². The van der Waals surface area contributed by atoms with Crippen molar-refractivity contribution in [3.63, 3.8) is 0 Å². The number of fused-ring (bicyclic) bond motifs is 1. The molecule has 2 atom stereocenters. The van der Waals surface area contributed by atoms with E-state index in [1.807, 2.05) is 0 Å². The van der Waals surface area contributed by atoms with E-state index in [2.05, 4.69) is 17.1 Å². The first-order chi connectivity index (χ1) is 8.75. The minimum Gasteiger partial charge on any atom is -0.342 e. The Morgan fingerprint density at radius 3 is 2.39 bits per heavy atom. The Labute approximate surface area is 110 Å². The molecule has 2 unspecified atom stereocenters. The Bertz CT molecular complexity index is 310. The Kier molecular flexibility index (Phi) is 3.35. The second-order valence-corrected chi connectivity index (χ2v) is 6.55. The average molecular weight is 250 g/mol. The lowest BCUT2D eigenvalue weighted by atomic mass is 9.75. The third-order valence-corrected chi connectivity index (χ3v) is 5.70. The van der Waals surface area contributed by atoms with Crippen LogP contribution in [-0.4, -0.2) is 37.0 Å². The lowest BCUT2D eigenvalue weighted by Crippen LogP contribution is -2.48. The van der Waals surface area contributed by atoms with Crippen molar-refractivity contribution in [2.45, 2.75) is 45.4 Å². The molecule has 1 N–H and O–H groups in total. The predicted molar refractivity (Wildman–Crippen MR) is 72.2 cm³/mol. The number of hydrogen-bond acceptors (Lipinski definition) is 2. The van der Waals surface area contributed by atoms with Crippen LogP contribution < -0.4 is 5.32 Å². The summed E-state index contributed by atoms with van der Waals surface area (Å²) in [6.45, 7) is 6.33. The molecule has 0 spiro atoms. The molecule has 3 fully saturated rings. The number of nitrogens with one attached hydrogen (secondary N) is 1. The lowest BCUT2D eigenvalue weighted by molar-refractivity contribution is -0.143. The molecule has 3 nitrogen and oxygen atoms in total. The van der Waals surface area contributed by atoms with Crippen molar-refractivity contribution in [2.24, 2.45) is 17.3 Å². The molecule has 0 aromatic rings. The van der Waals surface area contributed by atoms with E-state index in [9.17, 15) is 4.79 Å².